The Bertz CT molecular complexity index is 1990. The van der Waals surface area contributed by atoms with Crippen LogP contribution in [0, 0.1) is 5.92 Å². The monoisotopic (exact) mass is 742 g/mol. The van der Waals surface area contributed by atoms with E-state index < -0.39 is 35.5 Å². The number of anilines is 2. The van der Waals surface area contributed by atoms with Gasteiger partial charge in [-0.1, -0.05) is 50.2 Å². The number of nitrogens with zero attached hydrogens (tertiary/aromatic N) is 2. The van der Waals surface area contributed by atoms with Crippen LogP contribution in [0.3, 0.4) is 0 Å². The molecule has 0 atom stereocenters. The quantitative estimate of drug-likeness (QED) is 0.209. The van der Waals surface area contributed by atoms with Crippen molar-refractivity contribution in [3.63, 3.8) is 0 Å². The van der Waals surface area contributed by atoms with Crippen molar-refractivity contribution in [2.45, 2.75) is 56.8 Å². The minimum atomic E-state index is -4.39. The number of carbonyl (C=O) groups is 4. The van der Waals surface area contributed by atoms with Gasteiger partial charge in [-0.3, -0.25) is 14.4 Å². The maximum atomic E-state index is 12.8. The van der Waals surface area contributed by atoms with Crippen LogP contribution in [0.25, 0.3) is 22.3 Å². The van der Waals surface area contributed by atoms with Gasteiger partial charge in [0.2, 0.25) is 17.7 Å². The molecule has 6 rings (SSSR count). The van der Waals surface area contributed by atoms with Gasteiger partial charge in [0.25, 0.3) is 0 Å². The van der Waals surface area contributed by atoms with Crippen molar-refractivity contribution < 1.29 is 50.6 Å². The van der Waals surface area contributed by atoms with Crippen molar-refractivity contribution in [1.82, 2.24) is 0 Å². The number of imide groups is 2. The molecule has 4 aromatic rings. The molecule has 0 aliphatic carbocycles. The van der Waals surface area contributed by atoms with Gasteiger partial charge in [-0.05, 0) is 88.7 Å². The summed E-state index contributed by atoms with van der Waals surface area (Å²) in [6.45, 7) is 3.84. The molecular formula is C38H32F6N2O5S. The first-order valence-corrected chi connectivity index (χ1v) is 17.1. The summed E-state index contributed by atoms with van der Waals surface area (Å²) < 4.78 is 76.1. The number of hydrogen-bond acceptors (Lipinski definition) is 5. The molecule has 1 N–H and O–H groups in total. The Balaban J connectivity index is 0.000000203. The number of halogens is 6. The molecule has 52 heavy (non-hydrogen) atoms. The molecule has 0 saturated heterocycles. The number of rotatable bonds is 4. The molecule has 7 nitrogen and oxygen atoms in total. The highest BCUT2D eigenvalue weighted by atomic mass is 32.2. The molecule has 2 aliphatic rings. The zero-order valence-corrected chi connectivity index (χ0v) is 28.7. The number of thioether (sulfide) groups is 1. The fourth-order valence-electron chi connectivity index (χ4n) is 5.79. The van der Waals surface area contributed by atoms with Crippen LogP contribution >= 0.6 is 11.8 Å². The highest BCUT2D eigenvalue weighted by Crippen LogP contribution is 2.39. The highest BCUT2D eigenvalue weighted by Gasteiger charge is 2.33. The summed E-state index contributed by atoms with van der Waals surface area (Å²) in [5.41, 5.74) is 2.74. The Kier molecular flexibility index (Phi) is 11.2. The molecule has 0 radical (unpaired) electrons. The van der Waals surface area contributed by atoms with E-state index in [2.05, 4.69) is 0 Å². The number of hydrogen-bond donors (Lipinski definition) is 1. The number of alkyl halides is 6. The summed E-state index contributed by atoms with van der Waals surface area (Å²) >= 11 is 1.47. The molecule has 0 fully saturated rings. The van der Waals surface area contributed by atoms with Crippen molar-refractivity contribution in [3.05, 3.63) is 102 Å². The van der Waals surface area contributed by atoms with Crippen molar-refractivity contribution in [2.24, 2.45) is 5.92 Å². The number of benzene rings is 4. The normalized spacial score (nSPS) is 14.6. The first-order chi connectivity index (χ1) is 24.4. The molecule has 4 amide bonds. The standard InChI is InChI=1S/C21H20F3NO2S.C17H12F3NO3/c1-13(2)11-20(27)25-17-8-5-15(12-18(17)28-10-9-19(25)26)14-3-6-16(7-4-14)21(22,23)24;18-17(19,20)13-5-1-10(2-6-13)11-3-7-14-12(9-11)4-8-15(22)21(14)16(23)24/h3-8,12-13H,9-11H2,1-2H3;1-3,5-7,9H,4,8H2,(H,23,24). The fourth-order valence-corrected chi connectivity index (χ4v) is 6.80. The van der Waals surface area contributed by atoms with E-state index in [0.717, 1.165) is 34.7 Å². The Hall–Kier alpha value is -5.11. The average Bonchev–Trinajstić information content (AvgIpc) is 3.24. The van der Waals surface area contributed by atoms with Crippen LogP contribution in [0.1, 0.15) is 49.8 Å². The summed E-state index contributed by atoms with van der Waals surface area (Å²) in [5.74, 6) is -0.262. The highest BCUT2D eigenvalue weighted by molar-refractivity contribution is 7.99. The van der Waals surface area contributed by atoms with Crippen LogP contribution in [-0.2, 0) is 33.2 Å². The van der Waals surface area contributed by atoms with Gasteiger partial charge in [0.15, 0.2) is 0 Å². The number of carboxylic acid groups (broad SMARTS) is 1. The lowest BCUT2D eigenvalue weighted by Crippen LogP contribution is -2.39. The van der Waals surface area contributed by atoms with Gasteiger partial charge < -0.3 is 5.11 Å². The van der Waals surface area contributed by atoms with E-state index in [1.54, 1.807) is 24.3 Å². The van der Waals surface area contributed by atoms with Crippen LogP contribution in [-0.4, -0.2) is 34.7 Å². The molecule has 0 spiro atoms. The minimum absolute atomic E-state index is 0.0791. The fraction of sp³-hybridized carbons (Fsp3) is 0.263. The van der Waals surface area contributed by atoms with Crippen LogP contribution < -0.4 is 9.80 Å². The minimum Gasteiger partial charge on any atom is -0.464 e. The maximum Gasteiger partial charge on any atom is 0.418 e. The molecule has 0 saturated carbocycles. The molecule has 0 bridgehead atoms. The van der Waals surface area contributed by atoms with Gasteiger partial charge in [-0.2, -0.15) is 26.3 Å². The molecular weight excluding hydrogens is 710 g/mol. The lowest BCUT2D eigenvalue weighted by molar-refractivity contribution is -0.138. The van der Waals surface area contributed by atoms with Crippen LogP contribution in [0.4, 0.5) is 42.5 Å². The topological polar surface area (TPSA) is 95.0 Å². The number of amides is 4. The first-order valence-electron chi connectivity index (χ1n) is 16.1. The van der Waals surface area contributed by atoms with E-state index in [1.165, 1.54) is 47.0 Å². The molecule has 0 aromatic heterocycles. The third-order valence-corrected chi connectivity index (χ3v) is 9.36. The van der Waals surface area contributed by atoms with Crippen LogP contribution in [0.15, 0.2) is 89.8 Å². The maximum absolute atomic E-state index is 12.8. The number of carbonyl (C=O) groups excluding carboxylic acids is 3. The van der Waals surface area contributed by atoms with Gasteiger partial charge in [0.05, 0.1) is 22.5 Å². The Morgan fingerprint density at radius 1 is 0.673 bits per heavy atom. The average molecular weight is 743 g/mol. The summed E-state index contributed by atoms with van der Waals surface area (Å²) in [6.07, 6.45) is -9.10. The van der Waals surface area contributed by atoms with Crippen molar-refractivity contribution in [3.8, 4) is 22.3 Å². The van der Waals surface area contributed by atoms with E-state index in [-0.39, 0.29) is 37.0 Å². The van der Waals surface area contributed by atoms with Gasteiger partial charge in [-0.25, -0.2) is 14.6 Å². The summed E-state index contributed by atoms with van der Waals surface area (Å²) in [7, 11) is 0. The predicted molar refractivity (Wildman–Crippen MR) is 185 cm³/mol. The second kappa shape index (κ2) is 15.2. The molecule has 14 heteroatoms. The Labute approximate surface area is 299 Å². The lowest BCUT2D eigenvalue weighted by atomic mass is 9.95. The zero-order chi connectivity index (χ0) is 38.0. The van der Waals surface area contributed by atoms with Crippen molar-refractivity contribution in [1.29, 1.82) is 0 Å². The zero-order valence-electron chi connectivity index (χ0n) is 27.8. The predicted octanol–water partition coefficient (Wildman–Crippen LogP) is 10.1. The summed E-state index contributed by atoms with van der Waals surface area (Å²) in [4.78, 5) is 50.8. The second-order valence-corrected chi connectivity index (χ2v) is 13.6. The van der Waals surface area contributed by atoms with E-state index >= 15 is 0 Å². The molecule has 2 heterocycles. The summed E-state index contributed by atoms with van der Waals surface area (Å²) in [6, 6.07) is 19.8. The number of fused-ring (bicyclic) bond motifs is 2. The number of aryl methyl sites for hydroxylation is 1. The van der Waals surface area contributed by atoms with Gasteiger partial charge in [0, 0.05) is 29.9 Å². The Morgan fingerprint density at radius 3 is 1.65 bits per heavy atom. The second-order valence-electron chi connectivity index (χ2n) is 12.5. The van der Waals surface area contributed by atoms with E-state index in [0.29, 0.717) is 50.7 Å². The molecule has 0 unspecified atom stereocenters. The third kappa shape index (κ3) is 8.67. The molecule has 272 valence electrons. The van der Waals surface area contributed by atoms with Crippen molar-refractivity contribution in [2.75, 3.05) is 15.6 Å². The smallest absolute Gasteiger partial charge is 0.418 e. The van der Waals surface area contributed by atoms with E-state index in [9.17, 15) is 45.5 Å². The third-order valence-electron chi connectivity index (χ3n) is 8.32. The molecule has 2 aliphatic heterocycles. The van der Waals surface area contributed by atoms with Gasteiger partial charge in [0.1, 0.15) is 0 Å². The van der Waals surface area contributed by atoms with Crippen molar-refractivity contribution >= 4 is 47.0 Å². The molecule has 4 aromatic carbocycles. The van der Waals surface area contributed by atoms with Gasteiger partial charge in [-0.15, -0.1) is 11.8 Å². The van der Waals surface area contributed by atoms with E-state index in [4.69, 9.17) is 5.11 Å². The SMILES string of the molecule is CC(C)CC(=O)N1C(=O)CCSc2cc(-c3ccc(C(F)(F)F)cc3)ccc21.O=C(O)N1C(=O)CCc2cc(-c3ccc(C(F)(F)F)cc3)ccc21. The Morgan fingerprint density at radius 2 is 1.15 bits per heavy atom. The lowest BCUT2D eigenvalue weighted by Gasteiger charge is -2.25. The summed E-state index contributed by atoms with van der Waals surface area (Å²) in [5, 5.41) is 9.15. The van der Waals surface area contributed by atoms with Crippen LogP contribution in [0.2, 0.25) is 0 Å². The first kappa shape index (κ1) is 38.1. The van der Waals surface area contributed by atoms with Gasteiger partial charge >= 0.3 is 18.4 Å². The van der Waals surface area contributed by atoms with Crippen LogP contribution in [0.5, 0.6) is 0 Å². The largest absolute Gasteiger partial charge is 0.464 e. The van der Waals surface area contributed by atoms with E-state index in [1.807, 2.05) is 19.9 Å².